The monoisotopic (exact) mass is 558 g/mol. The van der Waals surface area contributed by atoms with Gasteiger partial charge in [0.25, 0.3) is 11.8 Å². The maximum absolute atomic E-state index is 12.9. The Bertz CT molecular complexity index is 1210. The van der Waals surface area contributed by atoms with E-state index in [1.165, 1.54) is 43.6 Å². The topological polar surface area (TPSA) is 116 Å². The second kappa shape index (κ2) is 16.8. The van der Waals surface area contributed by atoms with Gasteiger partial charge in [0.05, 0.1) is 39.8 Å². The molecule has 0 saturated carbocycles. The highest BCUT2D eigenvalue weighted by molar-refractivity contribution is 7.19. The minimum atomic E-state index is -0.639. The summed E-state index contributed by atoms with van der Waals surface area (Å²) < 4.78 is 11.2. The summed E-state index contributed by atoms with van der Waals surface area (Å²) in [5.74, 6) is 1.76. The minimum Gasteiger partial charge on any atom is -0.496 e. The van der Waals surface area contributed by atoms with E-state index in [1.807, 2.05) is 20.8 Å². The Morgan fingerprint density at radius 1 is 1.10 bits per heavy atom. The zero-order valence-corrected chi connectivity index (χ0v) is 26.0. The first-order valence-corrected chi connectivity index (χ1v) is 14.3. The molecule has 1 aromatic carbocycles. The highest BCUT2D eigenvalue weighted by Crippen LogP contribution is 2.33. The van der Waals surface area contributed by atoms with Crippen molar-refractivity contribution in [3.05, 3.63) is 46.2 Å². The Kier molecular flexibility index (Phi) is 14.7. The molecule has 0 aliphatic carbocycles. The van der Waals surface area contributed by atoms with Crippen molar-refractivity contribution in [1.29, 1.82) is 0 Å². The van der Waals surface area contributed by atoms with Crippen LogP contribution in [-0.2, 0) is 4.74 Å². The average molecular weight is 559 g/mol. The molecule has 3 rings (SSSR count). The van der Waals surface area contributed by atoms with Crippen molar-refractivity contribution in [2.45, 2.75) is 68.2 Å². The predicted octanol–water partition coefficient (Wildman–Crippen LogP) is 7.04. The van der Waals surface area contributed by atoms with Gasteiger partial charge < -0.3 is 20.5 Å². The molecular formula is C30H46N4O4S. The van der Waals surface area contributed by atoms with Gasteiger partial charge in [-0.15, -0.1) is 11.3 Å². The fourth-order valence-corrected chi connectivity index (χ4v) is 5.09. The van der Waals surface area contributed by atoms with Gasteiger partial charge in [-0.2, -0.15) is 0 Å². The van der Waals surface area contributed by atoms with Gasteiger partial charge >= 0.3 is 0 Å². The number of anilines is 1. The third-order valence-corrected chi connectivity index (χ3v) is 7.47. The summed E-state index contributed by atoms with van der Waals surface area (Å²) in [7, 11) is 3.28. The van der Waals surface area contributed by atoms with E-state index in [9.17, 15) is 9.59 Å². The van der Waals surface area contributed by atoms with Crippen LogP contribution in [0.3, 0.4) is 0 Å². The van der Waals surface area contributed by atoms with Crippen LogP contribution >= 0.6 is 11.3 Å². The van der Waals surface area contributed by atoms with Crippen LogP contribution in [0, 0.1) is 31.6 Å². The molecule has 3 atom stereocenters. The molecule has 3 unspecified atom stereocenters. The summed E-state index contributed by atoms with van der Waals surface area (Å²) in [5, 5.41) is 3.55. The third-order valence-electron chi connectivity index (χ3n) is 6.47. The van der Waals surface area contributed by atoms with Crippen molar-refractivity contribution in [2.75, 3.05) is 26.1 Å². The molecule has 3 aromatic rings. The third kappa shape index (κ3) is 9.89. The number of thiazole rings is 1. The van der Waals surface area contributed by atoms with Gasteiger partial charge in [-0.3, -0.25) is 14.6 Å². The van der Waals surface area contributed by atoms with Gasteiger partial charge in [0.2, 0.25) is 0 Å². The van der Waals surface area contributed by atoms with Gasteiger partial charge in [0.1, 0.15) is 11.3 Å². The van der Waals surface area contributed by atoms with E-state index in [2.05, 4.69) is 43.0 Å². The van der Waals surface area contributed by atoms with Crippen molar-refractivity contribution < 1.29 is 19.1 Å². The molecule has 9 heteroatoms. The molecule has 216 valence electrons. The van der Waals surface area contributed by atoms with Crippen molar-refractivity contribution >= 4 is 39.1 Å². The quantitative estimate of drug-likeness (QED) is 0.276. The molecular weight excluding hydrogens is 512 g/mol. The molecule has 0 spiro atoms. The Balaban J connectivity index is 0.000000461. The fourth-order valence-electron chi connectivity index (χ4n) is 4.14. The Morgan fingerprint density at radius 2 is 1.77 bits per heavy atom. The molecule has 0 aliphatic rings. The summed E-state index contributed by atoms with van der Waals surface area (Å²) >= 11 is 1.40. The van der Waals surface area contributed by atoms with E-state index >= 15 is 0 Å². The Labute approximate surface area is 237 Å². The lowest BCUT2D eigenvalue weighted by Crippen LogP contribution is -2.19. The molecule has 2 heterocycles. The van der Waals surface area contributed by atoms with E-state index in [1.54, 1.807) is 26.2 Å². The number of primary amides is 1. The molecule has 0 bridgehead atoms. The summed E-state index contributed by atoms with van der Waals surface area (Å²) in [6.07, 6.45) is 4.00. The lowest BCUT2D eigenvalue weighted by Gasteiger charge is -2.21. The number of rotatable bonds is 10. The van der Waals surface area contributed by atoms with Crippen LogP contribution in [0.1, 0.15) is 85.8 Å². The normalized spacial score (nSPS) is 12.8. The van der Waals surface area contributed by atoms with Crippen LogP contribution in [0.15, 0.2) is 24.4 Å². The molecule has 0 saturated heterocycles. The fraction of sp³-hybridized carbons (Fsp3) is 0.533. The highest BCUT2D eigenvalue weighted by Gasteiger charge is 2.21. The van der Waals surface area contributed by atoms with E-state index in [4.69, 9.17) is 15.2 Å². The first-order chi connectivity index (χ1) is 18.5. The van der Waals surface area contributed by atoms with Crippen LogP contribution < -0.4 is 15.8 Å². The molecule has 0 fully saturated rings. The number of carbonyl (C=O) groups excluding carboxylic acids is 2. The van der Waals surface area contributed by atoms with Crippen LogP contribution in [0.4, 0.5) is 5.69 Å². The number of carbonyl (C=O) groups is 2. The Hall–Kier alpha value is -3.04. The first kappa shape index (κ1) is 34.0. The smallest absolute Gasteiger partial charge is 0.261 e. The number of nitrogens with two attached hydrogens (primary N) is 1. The van der Waals surface area contributed by atoms with Crippen LogP contribution in [-0.4, -0.2) is 42.6 Å². The number of aromatic nitrogens is 2. The zero-order chi connectivity index (χ0) is 29.7. The van der Waals surface area contributed by atoms with E-state index in [0.29, 0.717) is 28.4 Å². The molecule has 3 N–H and O–H groups in total. The molecule has 0 aliphatic heterocycles. The predicted molar refractivity (Wildman–Crippen MR) is 162 cm³/mol. The van der Waals surface area contributed by atoms with Gasteiger partial charge in [-0.25, -0.2) is 4.98 Å². The summed E-state index contributed by atoms with van der Waals surface area (Å²) in [6, 6.07) is 5.03. The SMILES string of the molecule is CC.CCC(C)C(C)CC(C)COC.COc1ccc2nc(C)sc2c1C(=O)Nc1cnc(C)cc1C(N)=O. The maximum atomic E-state index is 12.9. The van der Waals surface area contributed by atoms with Crippen LogP contribution in [0.5, 0.6) is 5.75 Å². The largest absolute Gasteiger partial charge is 0.496 e. The zero-order valence-electron chi connectivity index (χ0n) is 25.2. The van der Waals surface area contributed by atoms with Crippen molar-refractivity contribution in [2.24, 2.45) is 23.5 Å². The second-order valence-corrected chi connectivity index (χ2v) is 10.8. The van der Waals surface area contributed by atoms with E-state index in [0.717, 1.165) is 28.2 Å². The molecule has 8 nitrogen and oxygen atoms in total. The highest BCUT2D eigenvalue weighted by atomic mass is 32.1. The van der Waals surface area contributed by atoms with Crippen molar-refractivity contribution in [1.82, 2.24) is 9.97 Å². The number of nitrogens with zero attached hydrogens (tertiary/aromatic N) is 2. The molecule has 39 heavy (non-hydrogen) atoms. The summed E-state index contributed by atoms with van der Waals surface area (Å²) in [6.45, 7) is 17.7. The standard InChI is InChI=1S/C17H16N4O3S.C11H24O.C2H6/c1-8-6-10(16(18)22)12(7-19-8)21-17(23)14-13(24-3)5-4-11-15(14)25-9(2)20-11;1-6-10(3)11(4)7-9(2)8-12-5;1-2/h4-7H,1-3H3,(H2,18,22)(H,21,23);9-11H,6-8H2,1-5H3;1-2H3. The second-order valence-electron chi connectivity index (χ2n) is 9.57. The van der Waals surface area contributed by atoms with Crippen LogP contribution in [0.25, 0.3) is 10.2 Å². The van der Waals surface area contributed by atoms with Crippen molar-refractivity contribution in [3.8, 4) is 5.75 Å². The summed E-state index contributed by atoms with van der Waals surface area (Å²) in [5.41, 5.74) is 7.56. The van der Waals surface area contributed by atoms with Gasteiger partial charge in [0.15, 0.2) is 0 Å². The number of fused-ring (bicyclic) bond motifs is 1. The molecule has 2 amide bonds. The van der Waals surface area contributed by atoms with Gasteiger partial charge in [-0.1, -0.05) is 48.0 Å². The van der Waals surface area contributed by atoms with E-state index in [-0.39, 0.29) is 11.3 Å². The number of methoxy groups -OCH3 is 2. The average Bonchev–Trinajstić information content (AvgIpc) is 3.29. The summed E-state index contributed by atoms with van der Waals surface area (Å²) in [4.78, 5) is 33.0. The van der Waals surface area contributed by atoms with Gasteiger partial charge in [-0.05, 0) is 56.2 Å². The number of hydrogen-bond donors (Lipinski definition) is 2. The molecule has 2 aromatic heterocycles. The van der Waals surface area contributed by atoms with Crippen molar-refractivity contribution in [3.63, 3.8) is 0 Å². The number of aryl methyl sites for hydroxylation is 2. The minimum absolute atomic E-state index is 0.201. The lowest BCUT2D eigenvalue weighted by atomic mass is 9.86. The number of hydrogen-bond acceptors (Lipinski definition) is 7. The van der Waals surface area contributed by atoms with E-state index < -0.39 is 11.8 Å². The molecule has 0 radical (unpaired) electrons. The maximum Gasteiger partial charge on any atom is 0.261 e. The number of nitrogens with one attached hydrogen (secondary N) is 1. The lowest BCUT2D eigenvalue weighted by molar-refractivity contribution is 0.100. The van der Waals surface area contributed by atoms with Gasteiger partial charge in [0, 0.05) is 19.4 Å². The number of pyridine rings is 1. The number of benzene rings is 1. The first-order valence-electron chi connectivity index (χ1n) is 13.5. The van der Waals surface area contributed by atoms with Crippen LogP contribution in [0.2, 0.25) is 0 Å². The number of ether oxygens (including phenoxy) is 2. The Morgan fingerprint density at radius 3 is 2.33 bits per heavy atom. The number of amides is 2.